The number of anilines is 1. The van der Waals surface area contributed by atoms with Crippen LogP contribution in [0.4, 0.5) is 10.5 Å². The molecule has 8 heteroatoms. The number of nitrogens with one attached hydrogen (secondary N) is 2. The van der Waals surface area contributed by atoms with Gasteiger partial charge in [0.05, 0.1) is 7.11 Å². The van der Waals surface area contributed by atoms with Gasteiger partial charge in [0, 0.05) is 17.7 Å². The van der Waals surface area contributed by atoms with Crippen LogP contribution < -0.4 is 15.5 Å². The lowest BCUT2D eigenvalue weighted by Gasteiger charge is -2.23. The van der Waals surface area contributed by atoms with Crippen molar-refractivity contribution < 1.29 is 29.4 Å². The summed E-state index contributed by atoms with van der Waals surface area (Å²) in [4.78, 5) is 23.7. The molecule has 0 fully saturated rings. The largest absolute Gasteiger partial charge is 0.504 e. The van der Waals surface area contributed by atoms with Crippen LogP contribution in [0.3, 0.4) is 0 Å². The molecule has 8 nitrogen and oxygen atoms in total. The van der Waals surface area contributed by atoms with E-state index in [0.29, 0.717) is 11.3 Å². The van der Waals surface area contributed by atoms with E-state index in [1.807, 2.05) is 19.1 Å². The normalized spacial score (nSPS) is 12.8. The third-order valence-electron chi connectivity index (χ3n) is 4.20. The Hall–Kier alpha value is -3.52. The number of benzene rings is 2. The lowest BCUT2D eigenvalue weighted by Crippen LogP contribution is -2.22. The van der Waals surface area contributed by atoms with Crippen LogP contribution >= 0.6 is 0 Å². The molecule has 0 saturated carbocycles. The van der Waals surface area contributed by atoms with Crippen molar-refractivity contribution in [2.24, 2.45) is 5.92 Å². The molecule has 0 aromatic heterocycles. The van der Waals surface area contributed by atoms with Crippen LogP contribution in [-0.4, -0.2) is 29.4 Å². The van der Waals surface area contributed by atoms with Crippen molar-refractivity contribution in [1.82, 2.24) is 5.48 Å². The standard InChI is InChI=1S/C21H24N2O6/c1-13-4-8-16(9-5-13)22-21(26)29-20(14(2)6-11-19(25)23-27)15-7-10-18(28-3)17(24)12-15/h4-12,14,20,24,27H,1-3H3,(H,22,26)(H,23,25)/b11-6+/t14-,20-/m1/s1. The molecule has 2 rings (SSSR count). The number of hydroxylamine groups is 1. The molecule has 2 atom stereocenters. The first-order valence-electron chi connectivity index (χ1n) is 8.87. The van der Waals surface area contributed by atoms with Gasteiger partial charge in [0.15, 0.2) is 11.5 Å². The Balaban J connectivity index is 2.24. The first-order chi connectivity index (χ1) is 13.8. The van der Waals surface area contributed by atoms with Gasteiger partial charge in [0.2, 0.25) is 0 Å². The molecule has 29 heavy (non-hydrogen) atoms. The smallest absolute Gasteiger partial charge is 0.412 e. The SMILES string of the molecule is COc1ccc([C@H](OC(=O)Nc2ccc(C)cc2)[C@H](C)/C=C/C(=O)NO)cc1O. The zero-order valence-corrected chi connectivity index (χ0v) is 16.4. The Kier molecular flexibility index (Phi) is 7.62. The number of amides is 2. The fourth-order valence-corrected chi connectivity index (χ4v) is 2.64. The van der Waals surface area contributed by atoms with Gasteiger partial charge in [-0.25, -0.2) is 10.3 Å². The first-order valence-corrected chi connectivity index (χ1v) is 8.87. The Morgan fingerprint density at radius 1 is 1.14 bits per heavy atom. The zero-order chi connectivity index (χ0) is 21.4. The van der Waals surface area contributed by atoms with Crippen LogP contribution in [0.2, 0.25) is 0 Å². The molecule has 0 bridgehead atoms. The number of hydrogen-bond donors (Lipinski definition) is 4. The van der Waals surface area contributed by atoms with Crippen LogP contribution in [0.5, 0.6) is 11.5 Å². The number of ether oxygens (including phenoxy) is 2. The first kappa shape index (κ1) is 21.8. The van der Waals surface area contributed by atoms with Gasteiger partial charge in [-0.1, -0.05) is 36.8 Å². The molecule has 0 saturated heterocycles. The Morgan fingerprint density at radius 3 is 2.41 bits per heavy atom. The maximum atomic E-state index is 12.4. The summed E-state index contributed by atoms with van der Waals surface area (Å²) in [5.74, 6) is -0.998. The number of aromatic hydroxyl groups is 1. The van der Waals surface area contributed by atoms with E-state index in [9.17, 15) is 14.7 Å². The van der Waals surface area contributed by atoms with Gasteiger partial charge < -0.3 is 14.6 Å². The van der Waals surface area contributed by atoms with E-state index in [1.54, 1.807) is 31.2 Å². The lowest BCUT2D eigenvalue weighted by atomic mass is 9.96. The van der Waals surface area contributed by atoms with E-state index in [2.05, 4.69) is 5.32 Å². The highest BCUT2D eigenvalue weighted by atomic mass is 16.6. The molecule has 154 valence electrons. The van der Waals surface area contributed by atoms with Crippen LogP contribution in [0.15, 0.2) is 54.6 Å². The Labute approximate surface area is 168 Å². The molecule has 0 heterocycles. The van der Waals surface area contributed by atoms with Crippen LogP contribution in [0.1, 0.15) is 24.2 Å². The van der Waals surface area contributed by atoms with Crippen molar-refractivity contribution in [1.29, 1.82) is 0 Å². The van der Waals surface area contributed by atoms with Gasteiger partial charge >= 0.3 is 6.09 Å². The summed E-state index contributed by atoms with van der Waals surface area (Å²) in [5, 5.41) is 21.4. The second-order valence-electron chi connectivity index (χ2n) is 6.44. The number of hydrogen-bond acceptors (Lipinski definition) is 6. The fourth-order valence-electron chi connectivity index (χ4n) is 2.64. The van der Waals surface area contributed by atoms with Crippen molar-refractivity contribution in [3.05, 3.63) is 65.7 Å². The second-order valence-corrected chi connectivity index (χ2v) is 6.44. The minimum absolute atomic E-state index is 0.109. The number of phenolic OH excluding ortho intramolecular Hbond substituents is 1. The van der Waals surface area contributed by atoms with E-state index >= 15 is 0 Å². The Morgan fingerprint density at radius 2 is 1.83 bits per heavy atom. The topological polar surface area (TPSA) is 117 Å². The van der Waals surface area contributed by atoms with Crippen molar-refractivity contribution in [3.8, 4) is 11.5 Å². The van der Waals surface area contributed by atoms with Crippen LogP contribution in [0, 0.1) is 12.8 Å². The zero-order valence-electron chi connectivity index (χ0n) is 16.4. The highest BCUT2D eigenvalue weighted by molar-refractivity contribution is 5.86. The summed E-state index contributed by atoms with van der Waals surface area (Å²) < 4.78 is 10.6. The molecule has 2 amide bonds. The maximum absolute atomic E-state index is 12.4. The molecule has 0 radical (unpaired) electrons. The lowest BCUT2D eigenvalue weighted by molar-refractivity contribution is -0.124. The van der Waals surface area contributed by atoms with Crippen LogP contribution in [0.25, 0.3) is 0 Å². The van der Waals surface area contributed by atoms with E-state index in [0.717, 1.165) is 11.6 Å². The van der Waals surface area contributed by atoms with Crippen molar-refractivity contribution in [2.75, 3.05) is 12.4 Å². The Bertz CT molecular complexity index is 879. The minimum Gasteiger partial charge on any atom is -0.504 e. The van der Waals surface area contributed by atoms with Crippen LogP contribution in [-0.2, 0) is 9.53 Å². The van der Waals surface area contributed by atoms with Gasteiger partial charge in [-0.05, 0) is 36.8 Å². The van der Waals surface area contributed by atoms with Gasteiger partial charge in [0.25, 0.3) is 5.91 Å². The second kappa shape index (κ2) is 10.1. The molecule has 0 aliphatic carbocycles. The summed E-state index contributed by atoms with van der Waals surface area (Å²) in [6.45, 7) is 3.66. The number of phenols is 1. The molecule has 0 spiro atoms. The molecule has 0 unspecified atom stereocenters. The highest BCUT2D eigenvalue weighted by Gasteiger charge is 2.23. The van der Waals surface area contributed by atoms with E-state index < -0.39 is 24.0 Å². The number of methoxy groups -OCH3 is 1. The molecule has 4 N–H and O–H groups in total. The van der Waals surface area contributed by atoms with Gasteiger partial charge in [-0.2, -0.15) is 0 Å². The predicted molar refractivity (Wildman–Crippen MR) is 107 cm³/mol. The third kappa shape index (κ3) is 6.25. The fraction of sp³-hybridized carbons (Fsp3) is 0.238. The summed E-state index contributed by atoms with van der Waals surface area (Å²) in [6, 6.07) is 11.8. The van der Waals surface area contributed by atoms with Crippen molar-refractivity contribution >= 4 is 17.7 Å². The van der Waals surface area contributed by atoms with Crippen molar-refractivity contribution in [3.63, 3.8) is 0 Å². The number of rotatable bonds is 7. The maximum Gasteiger partial charge on any atom is 0.412 e. The molecule has 0 aliphatic rings. The number of carbonyl (C=O) groups is 2. The molecular weight excluding hydrogens is 376 g/mol. The monoisotopic (exact) mass is 400 g/mol. The average Bonchev–Trinajstić information content (AvgIpc) is 2.71. The van der Waals surface area contributed by atoms with Gasteiger partial charge in [0.1, 0.15) is 6.10 Å². The van der Waals surface area contributed by atoms with Gasteiger partial charge in [-0.3, -0.25) is 15.3 Å². The minimum atomic E-state index is -0.819. The molecule has 2 aromatic carbocycles. The summed E-state index contributed by atoms with van der Waals surface area (Å²) in [5.41, 5.74) is 3.62. The molecule has 2 aromatic rings. The van der Waals surface area contributed by atoms with E-state index in [-0.39, 0.29) is 11.5 Å². The van der Waals surface area contributed by atoms with Gasteiger partial charge in [-0.15, -0.1) is 0 Å². The average molecular weight is 400 g/mol. The summed E-state index contributed by atoms with van der Waals surface area (Å²) in [7, 11) is 1.43. The molecular formula is C21H24N2O6. The highest BCUT2D eigenvalue weighted by Crippen LogP contribution is 2.34. The number of carbonyl (C=O) groups excluding carboxylic acids is 2. The van der Waals surface area contributed by atoms with Crippen molar-refractivity contribution in [2.45, 2.75) is 20.0 Å². The number of aryl methyl sites for hydroxylation is 1. The predicted octanol–water partition coefficient (Wildman–Crippen LogP) is 3.70. The quantitative estimate of drug-likeness (QED) is 0.320. The van der Waals surface area contributed by atoms with E-state index in [4.69, 9.17) is 14.7 Å². The summed E-state index contributed by atoms with van der Waals surface area (Å²) >= 11 is 0. The molecule has 0 aliphatic heterocycles. The summed E-state index contributed by atoms with van der Waals surface area (Å²) in [6.07, 6.45) is 1.10. The van der Waals surface area contributed by atoms with E-state index in [1.165, 1.54) is 24.7 Å². The third-order valence-corrected chi connectivity index (χ3v) is 4.20.